The van der Waals surface area contributed by atoms with E-state index < -0.39 is 5.97 Å². The van der Waals surface area contributed by atoms with E-state index in [1.165, 1.54) is 6.07 Å². The third-order valence-corrected chi connectivity index (χ3v) is 2.10. The zero-order chi connectivity index (χ0) is 12.3. The predicted molar refractivity (Wildman–Crippen MR) is 59.8 cm³/mol. The molecule has 6 heteroatoms. The van der Waals surface area contributed by atoms with Crippen LogP contribution in [0.2, 0.25) is 0 Å². The fourth-order valence-corrected chi connectivity index (χ4v) is 1.33. The van der Waals surface area contributed by atoms with E-state index >= 15 is 0 Å². The Morgan fingerprint density at radius 2 is 2.35 bits per heavy atom. The van der Waals surface area contributed by atoms with Crippen molar-refractivity contribution in [2.24, 2.45) is 0 Å². The molecule has 2 N–H and O–H groups in total. The average Bonchev–Trinajstić information content (AvgIpc) is 2.73. The molecule has 2 rings (SSSR count). The van der Waals surface area contributed by atoms with E-state index in [9.17, 15) is 4.79 Å². The Hall–Kier alpha value is -2.37. The standard InChI is InChI=1S/C11H11N3O3/c1-7-5-8(14-17-7)6-12-10-4-2-3-9(13-10)11(15)16/h2-5H,6H2,1H3,(H,12,13)(H,15,16). The molecule has 0 aromatic carbocycles. The zero-order valence-corrected chi connectivity index (χ0v) is 9.17. The molecule has 0 radical (unpaired) electrons. The van der Waals surface area contributed by atoms with Gasteiger partial charge in [0.1, 0.15) is 17.3 Å². The average molecular weight is 233 g/mol. The molecular weight excluding hydrogens is 222 g/mol. The lowest BCUT2D eigenvalue weighted by atomic mass is 10.3. The minimum atomic E-state index is -1.05. The summed E-state index contributed by atoms with van der Waals surface area (Å²) in [5.74, 6) is 0.172. The third-order valence-electron chi connectivity index (χ3n) is 2.10. The highest BCUT2D eigenvalue weighted by Crippen LogP contribution is 2.08. The van der Waals surface area contributed by atoms with Crippen molar-refractivity contribution in [3.8, 4) is 0 Å². The van der Waals surface area contributed by atoms with Crippen LogP contribution in [0, 0.1) is 6.92 Å². The summed E-state index contributed by atoms with van der Waals surface area (Å²) in [6, 6.07) is 6.56. The molecule has 0 fully saturated rings. The normalized spacial score (nSPS) is 10.2. The molecule has 2 aromatic heterocycles. The molecule has 0 unspecified atom stereocenters. The number of aromatic nitrogens is 2. The third kappa shape index (κ3) is 2.81. The summed E-state index contributed by atoms with van der Waals surface area (Å²) < 4.78 is 4.91. The molecule has 6 nitrogen and oxygen atoms in total. The quantitative estimate of drug-likeness (QED) is 0.835. The fourth-order valence-electron chi connectivity index (χ4n) is 1.33. The van der Waals surface area contributed by atoms with Gasteiger partial charge in [-0.3, -0.25) is 0 Å². The monoisotopic (exact) mass is 233 g/mol. The number of anilines is 1. The second-order valence-electron chi connectivity index (χ2n) is 3.50. The predicted octanol–water partition coefficient (Wildman–Crippen LogP) is 1.69. The zero-order valence-electron chi connectivity index (χ0n) is 9.17. The first-order valence-electron chi connectivity index (χ1n) is 5.01. The van der Waals surface area contributed by atoms with E-state index in [0.29, 0.717) is 12.4 Å². The maximum atomic E-state index is 10.7. The van der Waals surface area contributed by atoms with Gasteiger partial charge in [-0.2, -0.15) is 0 Å². The van der Waals surface area contributed by atoms with Crippen molar-refractivity contribution in [3.63, 3.8) is 0 Å². The van der Waals surface area contributed by atoms with Crippen LogP contribution in [-0.4, -0.2) is 21.2 Å². The van der Waals surface area contributed by atoms with Gasteiger partial charge in [0.15, 0.2) is 5.69 Å². The van der Waals surface area contributed by atoms with Gasteiger partial charge in [0, 0.05) is 6.07 Å². The Morgan fingerprint density at radius 1 is 1.53 bits per heavy atom. The van der Waals surface area contributed by atoms with Gasteiger partial charge >= 0.3 is 5.97 Å². The van der Waals surface area contributed by atoms with Crippen LogP contribution in [0.4, 0.5) is 5.82 Å². The van der Waals surface area contributed by atoms with Crippen LogP contribution < -0.4 is 5.32 Å². The maximum absolute atomic E-state index is 10.7. The van der Waals surface area contributed by atoms with Crippen LogP contribution in [0.25, 0.3) is 0 Å². The van der Waals surface area contributed by atoms with Gasteiger partial charge in [-0.15, -0.1) is 0 Å². The smallest absolute Gasteiger partial charge is 0.354 e. The molecule has 17 heavy (non-hydrogen) atoms. The molecule has 0 aliphatic rings. The van der Waals surface area contributed by atoms with Crippen LogP contribution in [0.1, 0.15) is 21.9 Å². The van der Waals surface area contributed by atoms with E-state index in [0.717, 1.165) is 11.5 Å². The molecule has 0 saturated carbocycles. The summed E-state index contributed by atoms with van der Waals surface area (Å²) in [6.07, 6.45) is 0. The Bertz CT molecular complexity index is 536. The van der Waals surface area contributed by atoms with Crippen molar-refractivity contribution in [1.29, 1.82) is 0 Å². The molecule has 0 saturated heterocycles. The number of aromatic carboxylic acids is 1. The number of carboxylic acid groups (broad SMARTS) is 1. The Labute approximate surface area is 97.3 Å². The lowest BCUT2D eigenvalue weighted by Crippen LogP contribution is -2.05. The van der Waals surface area contributed by atoms with Gasteiger partial charge in [-0.05, 0) is 19.1 Å². The summed E-state index contributed by atoms with van der Waals surface area (Å²) in [6.45, 7) is 2.24. The largest absolute Gasteiger partial charge is 0.477 e. The molecule has 88 valence electrons. The SMILES string of the molecule is Cc1cc(CNc2cccc(C(=O)O)n2)no1. The van der Waals surface area contributed by atoms with Crippen molar-refractivity contribution < 1.29 is 14.4 Å². The molecule has 0 spiro atoms. The van der Waals surface area contributed by atoms with Crippen molar-refractivity contribution in [2.75, 3.05) is 5.32 Å². The summed E-state index contributed by atoms with van der Waals surface area (Å²) in [5.41, 5.74) is 0.747. The highest BCUT2D eigenvalue weighted by atomic mass is 16.5. The fraction of sp³-hybridized carbons (Fsp3) is 0.182. The number of aryl methyl sites for hydroxylation is 1. The van der Waals surface area contributed by atoms with Crippen molar-refractivity contribution in [3.05, 3.63) is 41.4 Å². The van der Waals surface area contributed by atoms with E-state index in [1.54, 1.807) is 25.1 Å². The van der Waals surface area contributed by atoms with Crippen LogP contribution >= 0.6 is 0 Å². The number of nitrogens with zero attached hydrogens (tertiary/aromatic N) is 2. The van der Waals surface area contributed by atoms with Crippen LogP contribution in [0.3, 0.4) is 0 Å². The summed E-state index contributed by atoms with van der Waals surface area (Å²) in [4.78, 5) is 14.6. The van der Waals surface area contributed by atoms with Crippen molar-refractivity contribution in [1.82, 2.24) is 10.1 Å². The Morgan fingerprint density at radius 3 is 3.00 bits per heavy atom. The van der Waals surface area contributed by atoms with Crippen LogP contribution in [0.5, 0.6) is 0 Å². The summed E-state index contributed by atoms with van der Waals surface area (Å²) in [5, 5.41) is 15.6. The Kier molecular flexibility index (Phi) is 3.04. The molecule has 0 aliphatic carbocycles. The van der Waals surface area contributed by atoms with Crippen LogP contribution in [-0.2, 0) is 6.54 Å². The van der Waals surface area contributed by atoms with E-state index in [1.807, 2.05) is 0 Å². The molecule has 0 amide bonds. The number of carboxylic acids is 1. The minimum absolute atomic E-state index is 0.00586. The van der Waals surface area contributed by atoms with E-state index in [2.05, 4.69) is 15.5 Å². The van der Waals surface area contributed by atoms with E-state index in [4.69, 9.17) is 9.63 Å². The number of rotatable bonds is 4. The first-order chi connectivity index (χ1) is 8.15. The van der Waals surface area contributed by atoms with Crippen molar-refractivity contribution >= 4 is 11.8 Å². The molecular formula is C11H11N3O3. The maximum Gasteiger partial charge on any atom is 0.354 e. The lowest BCUT2D eigenvalue weighted by molar-refractivity contribution is 0.0690. The summed E-state index contributed by atoms with van der Waals surface area (Å²) >= 11 is 0. The highest BCUT2D eigenvalue weighted by molar-refractivity contribution is 5.85. The summed E-state index contributed by atoms with van der Waals surface area (Å²) in [7, 11) is 0. The number of hydrogen-bond acceptors (Lipinski definition) is 5. The van der Waals surface area contributed by atoms with Gasteiger partial charge in [0.25, 0.3) is 0 Å². The van der Waals surface area contributed by atoms with Crippen LogP contribution in [0.15, 0.2) is 28.8 Å². The number of hydrogen-bond donors (Lipinski definition) is 2. The second-order valence-corrected chi connectivity index (χ2v) is 3.50. The number of nitrogens with one attached hydrogen (secondary N) is 1. The van der Waals surface area contributed by atoms with Gasteiger partial charge in [0.05, 0.1) is 6.54 Å². The van der Waals surface area contributed by atoms with E-state index in [-0.39, 0.29) is 5.69 Å². The van der Waals surface area contributed by atoms with Crippen molar-refractivity contribution in [2.45, 2.75) is 13.5 Å². The Balaban J connectivity index is 2.04. The highest BCUT2D eigenvalue weighted by Gasteiger charge is 2.05. The van der Waals surface area contributed by atoms with Gasteiger partial charge in [0.2, 0.25) is 0 Å². The molecule has 0 aliphatic heterocycles. The molecule has 0 atom stereocenters. The van der Waals surface area contributed by atoms with Gasteiger partial charge < -0.3 is 14.9 Å². The number of carbonyl (C=O) groups is 1. The molecule has 2 aromatic rings. The van der Waals surface area contributed by atoms with Gasteiger partial charge in [-0.25, -0.2) is 9.78 Å². The first-order valence-corrected chi connectivity index (χ1v) is 5.01. The molecule has 0 bridgehead atoms. The molecule has 2 heterocycles. The first kappa shape index (κ1) is 11.1. The second kappa shape index (κ2) is 4.65. The van der Waals surface area contributed by atoms with Gasteiger partial charge in [-0.1, -0.05) is 11.2 Å². The minimum Gasteiger partial charge on any atom is -0.477 e. The topological polar surface area (TPSA) is 88.2 Å². The lowest BCUT2D eigenvalue weighted by Gasteiger charge is -2.03. The number of pyridine rings is 1.